The van der Waals surface area contributed by atoms with Crippen molar-refractivity contribution in [1.82, 2.24) is 0 Å². The summed E-state index contributed by atoms with van der Waals surface area (Å²) in [5, 5.41) is 9.90. The fourth-order valence-electron chi connectivity index (χ4n) is 7.40. The maximum Gasteiger partial charge on any atom is 0.309 e. The van der Waals surface area contributed by atoms with Crippen LogP contribution in [0.3, 0.4) is 0 Å². The quantitative estimate of drug-likeness (QED) is 0.737. The van der Waals surface area contributed by atoms with Gasteiger partial charge >= 0.3 is 5.97 Å². The molecule has 2 bridgehead atoms. The van der Waals surface area contributed by atoms with Crippen molar-refractivity contribution in [3.05, 3.63) is 12.2 Å². The summed E-state index contributed by atoms with van der Waals surface area (Å²) in [6.45, 7) is 8.53. The normalized spacial score (nSPS) is 52.0. The Morgan fingerprint density at radius 2 is 1.87 bits per heavy atom. The third-order valence-electron chi connectivity index (χ3n) is 8.49. The van der Waals surface area contributed by atoms with E-state index in [4.69, 9.17) is 0 Å². The van der Waals surface area contributed by atoms with E-state index in [9.17, 15) is 14.7 Å². The lowest BCUT2D eigenvalue weighted by atomic mass is 9.40. The third kappa shape index (κ3) is 1.66. The maximum absolute atomic E-state index is 12.5. The molecule has 0 aromatic carbocycles. The lowest BCUT2D eigenvalue weighted by molar-refractivity contribution is -0.177. The topological polar surface area (TPSA) is 54.4 Å². The van der Waals surface area contributed by atoms with Crippen molar-refractivity contribution in [3.8, 4) is 0 Å². The van der Waals surface area contributed by atoms with Crippen LogP contribution in [-0.2, 0) is 9.59 Å². The zero-order valence-electron chi connectivity index (χ0n) is 14.4. The van der Waals surface area contributed by atoms with Gasteiger partial charge in [0.25, 0.3) is 0 Å². The zero-order valence-corrected chi connectivity index (χ0v) is 14.4. The predicted molar refractivity (Wildman–Crippen MR) is 87.8 cm³/mol. The predicted octanol–water partition coefficient (Wildman–Crippen LogP) is 4.22. The van der Waals surface area contributed by atoms with Gasteiger partial charge in [-0.25, -0.2) is 0 Å². The molecule has 126 valence electrons. The summed E-state index contributed by atoms with van der Waals surface area (Å²) in [6.07, 6.45) is 7.86. The zero-order chi connectivity index (χ0) is 16.6. The molecule has 1 spiro atoms. The molecule has 6 unspecified atom stereocenters. The molecule has 6 atom stereocenters. The summed E-state index contributed by atoms with van der Waals surface area (Å²) in [5.41, 5.74) is 0.312. The highest BCUT2D eigenvalue weighted by molar-refractivity contribution is 6.01. The molecule has 4 aliphatic carbocycles. The van der Waals surface area contributed by atoms with E-state index in [2.05, 4.69) is 13.5 Å². The van der Waals surface area contributed by atoms with Crippen LogP contribution in [0.1, 0.15) is 65.2 Å². The number of hydrogen-bond acceptors (Lipinski definition) is 2. The van der Waals surface area contributed by atoms with Gasteiger partial charge in [0.2, 0.25) is 0 Å². The Kier molecular flexibility index (Phi) is 3.01. The Balaban J connectivity index is 1.79. The van der Waals surface area contributed by atoms with Gasteiger partial charge in [-0.05, 0) is 74.7 Å². The molecule has 23 heavy (non-hydrogen) atoms. The molecule has 0 amide bonds. The summed E-state index contributed by atoms with van der Waals surface area (Å²) in [5.74, 6) is 0.568. The van der Waals surface area contributed by atoms with E-state index in [1.807, 2.05) is 6.92 Å². The fourth-order valence-corrected chi connectivity index (χ4v) is 7.40. The van der Waals surface area contributed by atoms with Crippen LogP contribution in [0.5, 0.6) is 0 Å². The first-order valence-corrected chi connectivity index (χ1v) is 9.23. The number of aliphatic carboxylic acids is 1. The average molecular weight is 316 g/mol. The molecule has 4 aliphatic rings. The molecule has 1 N–H and O–H groups in total. The van der Waals surface area contributed by atoms with Crippen molar-refractivity contribution in [2.45, 2.75) is 65.2 Å². The second-order valence-corrected chi connectivity index (χ2v) is 9.20. The molecule has 4 saturated carbocycles. The molecule has 3 heteroatoms. The number of ketones is 1. The highest BCUT2D eigenvalue weighted by Gasteiger charge is 2.67. The van der Waals surface area contributed by atoms with E-state index in [1.165, 1.54) is 0 Å². The molecule has 4 fully saturated rings. The Bertz CT molecular complexity index is 608. The van der Waals surface area contributed by atoms with Gasteiger partial charge in [0.05, 0.1) is 5.41 Å². The molecule has 0 heterocycles. The van der Waals surface area contributed by atoms with Crippen molar-refractivity contribution in [2.24, 2.45) is 34.0 Å². The highest BCUT2D eigenvalue weighted by Crippen LogP contribution is 2.71. The van der Waals surface area contributed by atoms with E-state index in [-0.39, 0.29) is 22.7 Å². The third-order valence-corrected chi connectivity index (χ3v) is 8.49. The van der Waals surface area contributed by atoms with Crippen LogP contribution in [0.2, 0.25) is 0 Å². The number of fused-ring (bicyclic) bond motifs is 3. The van der Waals surface area contributed by atoms with Crippen LogP contribution in [0.25, 0.3) is 0 Å². The summed E-state index contributed by atoms with van der Waals surface area (Å²) in [6, 6.07) is 0. The Morgan fingerprint density at radius 3 is 2.57 bits per heavy atom. The van der Waals surface area contributed by atoms with Crippen LogP contribution in [-0.4, -0.2) is 16.9 Å². The number of carboxylic acids is 1. The highest BCUT2D eigenvalue weighted by atomic mass is 16.4. The monoisotopic (exact) mass is 316 g/mol. The lowest BCUT2D eigenvalue weighted by Gasteiger charge is -2.63. The molecular formula is C20H28O3. The van der Waals surface area contributed by atoms with Gasteiger partial charge in [-0.3, -0.25) is 9.59 Å². The standard InChI is InChI=1S/C20H28O3/c1-12-16(21)13-5-6-15-18(2)8-4-9-19(3,17(22)23)14(18)7-10-20(12,15)11-13/h13-15H,1,4-11H2,2-3H3,(H,22,23). The number of carbonyl (C=O) groups is 2. The molecule has 0 radical (unpaired) electrons. The first-order chi connectivity index (χ1) is 10.8. The number of carbonyl (C=O) groups excluding carboxylic acids is 1. The number of hydrogen-bond donors (Lipinski definition) is 1. The minimum atomic E-state index is -0.626. The second-order valence-electron chi connectivity index (χ2n) is 9.20. The molecule has 0 aromatic rings. The number of allylic oxidation sites excluding steroid dienone is 1. The summed E-state index contributed by atoms with van der Waals surface area (Å²) in [4.78, 5) is 24.6. The van der Waals surface area contributed by atoms with Crippen molar-refractivity contribution >= 4 is 11.8 Å². The maximum atomic E-state index is 12.5. The van der Waals surface area contributed by atoms with Gasteiger partial charge in [-0.15, -0.1) is 0 Å². The molecule has 0 aromatic heterocycles. The van der Waals surface area contributed by atoms with Gasteiger partial charge in [0.15, 0.2) is 5.78 Å². The summed E-state index contributed by atoms with van der Waals surface area (Å²) in [7, 11) is 0. The molecule has 4 rings (SSSR count). The van der Waals surface area contributed by atoms with Gasteiger partial charge < -0.3 is 5.11 Å². The van der Waals surface area contributed by atoms with E-state index in [0.29, 0.717) is 11.7 Å². The van der Waals surface area contributed by atoms with Crippen molar-refractivity contribution < 1.29 is 14.7 Å². The number of rotatable bonds is 1. The van der Waals surface area contributed by atoms with Crippen LogP contribution < -0.4 is 0 Å². The van der Waals surface area contributed by atoms with Gasteiger partial charge in [0, 0.05) is 11.3 Å². The minimum absolute atomic E-state index is 0.0119. The van der Waals surface area contributed by atoms with E-state index in [0.717, 1.165) is 56.9 Å². The van der Waals surface area contributed by atoms with E-state index in [1.54, 1.807) is 0 Å². The SMILES string of the molecule is C=C1C(=O)C2CCC3C1(CCC1C(C)(C(=O)O)CCCC13C)C2. The minimum Gasteiger partial charge on any atom is -0.481 e. The smallest absolute Gasteiger partial charge is 0.309 e. The molecule has 0 aliphatic heterocycles. The Morgan fingerprint density at radius 1 is 1.13 bits per heavy atom. The number of carboxylic acid groups (broad SMARTS) is 1. The Hall–Kier alpha value is -1.12. The average Bonchev–Trinajstić information content (AvgIpc) is 2.68. The van der Waals surface area contributed by atoms with E-state index < -0.39 is 11.4 Å². The first kappa shape index (κ1) is 15.4. The van der Waals surface area contributed by atoms with Crippen molar-refractivity contribution in [1.29, 1.82) is 0 Å². The van der Waals surface area contributed by atoms with Crippen LogP contribution in [0.15, 0.2) is 12.2 Å². The molecule has 0 saturated heterocycles. The summed E-state index contributed by atoms with van der Waals surface area (Å²) >= 11 is 0. The largest absolute Gasteiger partial charge is 0.481 e. The van der Waals surface area contributed by atoms with Gasteiger partial charge in [-0.2, -0.15) is 0 Å². The van der Waals surface area contributed by atoms with Crippen LogP contribution in [0, 0.1) is 34.0 Å². The number of Topliss-reactive ketones (excluding diaryl/α,β-unsaturated/α-hetero) is 1. The molecular weight excluding hydrogens is 288 g/mol. The van der Waals surface area contributed by atoms with Crippen LogP contribution >= 0.6 is 0 Å². The lowest BCUT2D eigenvalue weighted by Crippen LogP contribution is -2.58. The first-order valence-electron chi connectivity index (χ1n) is 9.23. The van der Waals surface area contributed by atoms with Crippen molar-refractivity contribution in [3.63, 3.8) is 0 Å². The van der Waals surface area contributed by atoms with Crippen molar-refractivity contribution in [2.75, 3.05) is 0 Å². The van der Waals surface area contributed by atoms with Gasteiger partial charge in [-0.1, -0.05) is 19.9 Å². The Labute approximate surface area is 138 Å². The fraction of sp³-hybridized carbons (Fsp3) is 0.800. The second kappa shape index (κ2) is 4.49. The van der Waals surface area contributed by atoms with E-state index >= 15 is 0 Å². The summed E-state index contributed by atoms with van der Waals surface area (Å²) < 4.78 is 0. The molecule has 3 nitrogen and oxygen atoms in total. The van der Waals surface area contributed by atoms with Gasteiger partial charge in [0.1, 0.15) is 0 Å². The van der Waals surface area contributed by atoms with Crippen LogP contribution in [0.4, 0.5) is 0 Å².